The molecule has 10 nitrogen and oxygen atoms in total. The van der Waals surface area contributed by atoms with E-state index in [1.807, 2.05) is 42.5 Å². The largest absolute Gasteiger partial charge is 0.399 e. The lowest BCUT2D eigenvalue weighted by molar-refractivity contribution is -0.384. The summed E-state index contributed by atoms with van der Waals surface area (Å²) in [5, 5.41) is 26.2. The minimum atomic E-state index is -0.349. The predicted octanol–water partition coefficient (Wildman–Crippen LogP) is 11.0. The summed E-state index contributed by atoms with van der Waals surface area (Å²) < 4.78 is 0. The van der Waals surface area contributed by atoms with E-state index in [4.69, 9.17) is 11.0 Å². The molecule has 0 aromatic heterocycles. The Morgan fingerprint density at radius 2 is 0.841 bits per heavy atom. The first-order chi connectivity index (χ1) is 33.7. The van der Waals surface area contributed by atoms with Gasteiger partial charge in [0, 0.05) is 30.3 Å². The molecule has 2 atom stereocenters. The number of non-ortho nitro benzene ring substituents is 1. The van der Waals surface area contributed by atoms with E-state index in [1.165, 1.54) is 106 Å². The van der Waals surface area contributed by atoms with Crippen LogP contribution in [0.15, 0.2) is 140 Å². The van der Waals surface area contributed by atoms with Gasteiger partial charge in [-0.15, -0.1) is 0 Å². The number of nitro groups is 1. The van der Waals surface area contributed by atoms with Crippen molar-refractivity contribution in [1.82, 2.24) is 25.3 Å². The number of nitrogens with zero attached hydrogens (tertiary/aromatic N) is 5. The maximum absolute atomic E-state index is 10.5. The maximum atomic E-state index is 10.5. The van der Waals surface area contributed by atoms with Crippen molar-refractivity contribution in [2.75, 3.05) is 92.3 Å². The fourth-order valence-electron chi connectivity index (χ4n) is 10.4. The Labute approximate surface area is 414 Å². The molecule has 2 unspecified atom stereocenters. The highest BCUT2D eigenvalue weighted by Crippen LogP contribution is 2.32. The van der Waals surface area contributed by atoms with Crippen LogP contribution in [0.3, 0.4) is 0 Å². The molecule has 0 radical (unpaired) electrons. The number of anilines is 1. The average molecular weight is 933 g/mol. The molecule has 5 saturated heterocycles. The summed E-state index contributed by atoms with van der Waals surface area (Å²) in [6, 6.07) is 49.9. The topological polar surface area (TPSA) is 127 Å². The van der Waals surface area contributed by atoms with Crippen molar-refractivity contribution in [2.45, 2.75) is 87.4 Å². The number of benzene rings is 5. The van der Waals surface area contributed by atoms with Crippen LogP contribution in [-0.4, -0.2) is 106 Å². The van der Waals surface area contributed by atoms with E-state index < -0.39 is 0 Å². The van der Waals surface area contributed by atoms with E-state index in [1.54, 1.807) is 12.1 Å². The van der Waals surface area contributed by atoms with Gasteiger partial charge in [0.25, 0.3) is 5.69 Å². The Morgan fingerprint density at radius 1 is 0.493 bits per heavy atom. The minimum Gasteiger partial charge on any atom is -0.399 e. The molecule has 10 rings (SSSR count). The molecule has 5 aliphatic heterocycles. The Hall–Kier alpha value is -5.41. The maximum Gasteiger partial charge on any atom is 0.269 e. The summed E-state index contributed by atoms with van der Waals surface area (Å²) in [5.74, 6) is 3.46. The van der Waals surface area contributed by atoms with Crippen LogP contribution in [0.2, 0.25) is 0 Å². The molecule has 69 heavy (non-hydrogen) atoms. The van der Waals surface area contributed by atoms with Crippen molar-refractivity contribution >= 4 is 11.4 Å². The summed E-state index contributed by atoms with van der Waals surface area (Å²) in [4.78, 5) is 17.3. The first kappa shape index (κ1) is 53.0. The number of piperidine rings is 5. The third-order valence-corrected chi connectivity index (χ3v) is 14.9. The number of nitro benzene ring substituents is 1. The van der Waals surface area contributed by atoms with Crippen LogP contribution in [0.1, 0.15) is 115 Å². The van der Waals surface area contributed by atoms with Gasteiger partial charge in [-0.1, -0.05) is 115 Å². The second-order valence-corrected chi connectivity index (χ2v) is 19.8. The van der Waals surface area contributed by atoms with Gasteiger partial charge in [-0.3, -0.25) is 10.1 Å². The molecule has 0 amide bonds. The van der Waals surface area contributed by atoms with Crippen LogP contribution in [-0.2, 0) is 0 Å². The molecule has 0 saturated carbocycles. The number of nitriles is 1. The highest BCUT2D eigenvalue weighted by molar-refractivity contribution is 5.40. The average Bonchev–Trinajstić information content (AvgIpc) is 3.41. The highest BCUT2D eigenvalue weighted by Gasteiger charge is 2.26. The van der Waals surface area contributed by atoms with Gasteiger partial charge in [0.05, 0.1) is 16.9 Å². The van der Waals surface area contributed by atoms with Gasteiger partial charge in [0.1, 0.15) is 0 Å². The molecule has 5 aliphatic rings. The zero-order chi connectivity index (χ0) is 48.6. The standard InChI is InChI=1S/C12H16N2O2.C12H18N2.C12H14N2.C12H17N.C11H15N/c1-13-8-6-11(7-9-13)10-2-4-12(5-3-10)14(15)16;1-14-8-6-11(7-9-14)10-2-4-12(13)5-3-10;13-8-11-9-14-7-6-12(11)10-4-2-1-3-5-10;1-13-9-7-12(8-10-13)11-5-3-2-4-6-11;1-2-4-10(5-3-1)11-6-8-12-9-7-11/h2-5,11H,6-9H2,1H3;2-5,11H,6-9,13H2,1H3;1-5,11-12,14H,6-7,9H2;2-6,12H,7-10H2,1H3;1-5,11-12H,6-9H2. The molecule has 0 spiro atoms. The van der Waals surface area contributed by atoms with Gasteiger partial charge in [-0.05, 0) is 201 Å². The summed E-state index contributed by atoms with van der Waals surface area (Å²) in [5.41, 5.74) is 13.7. The Balaban J connectivity index is 0.000000142. The molecule has 0 aliphatic carbocycles. The van der Waals surface area contributed by atoms with Gasteiger partial charge in [0.15, 0.2) is 0 Å². The Bertz CT molecular complexity index is 2190. The molecule has 5 aromatic carbocycles. The smallest absolute Gasteiger partial charge is 0.269 e. The molecule has 5 fully saturated rings. The van der Waals surface area contributed by atoms with Crippen molar-refractivity contribution in [2.24, 2.45) is 5.92 Å². The lowest BCUT2D eigenvalue weighted by atomic mass is 9.82. The van der Waals surface area contributed by atoms with Crippen LogP contribution < -0.4 is 16.4 Å². The van der Waals surface area contributed by atoms with E-state index in [0.29, 0.717) is 11.8 Å². The number of rotatable bonds is 6. The number of hydrogen-bond donors (Lipinski definition) is 3. The molecule has 368 valence electrons. The monoisotopic (exact) mass is 933 g/mol. The molecular formula is C59H80N8O2. The molecule has 5 aromatic rings. The predicted molar refractivity (Wildman–Crippen MR) is 286 cm³/mol. The fourth-order valence-corrected chi connectivity index (χ4v) is 10.4. The van der Waals surface area contributed by atoms with E-state index in [9.17, 15) is 10.1 Å². The molecular weight excluding hydrogens is 853 g/mol. The number of nitrogens with two attached hydrogens (primary N) is 1. The molecule has 10 heteroatoms. The van der Waals surface area contributed by atoms with Crippen LogP contribution in [0.4, 0.5) is 11.4 Å². The van der Waals surface area contributed by atoms with Crippen LogP contribution in [0.25, 0.3) is 0 Å². The summed E-state index contributed by atoms with van der Waals surface area (Å²) >= 11 is 0. The lowest BCUT2D eigenvalue weighted by Gasteiger charge is -2.29. The second-order valence-electron chi connectivity index (χ2n) is 19.8. The molecule has 4 N–H and O–H groups in total. The van der Waals surface area contributed by atoms with Crippen LogP contribution in [0, 0.1) is 27.4 Å². The third-order valence-electron chi connectivity index (χ3n) is 14.9. The second kappa shape index (κ2) is 28.9. The van der Waals surface area contributed by atoms with Crippen molar-refractivity contribution in [3.8, 4) is 6.07 Å². The van der Waals surface area contributed by atoms with Gasteiger partial charge in [-0.25, -0.2) is 0 Å². The highest BCUT2D eigenvalue weighted by atomic mass is 16.6. The Morgan fingerprint density at radius 3 is 1.23 bits per heavy atom. The van der Waals surface area contributed by atoms with Gasteiger partial charge in [-0.2, -0.15) is 5.26 Å². The SMILES string of the molecule is CN1CCC(c2ccc(N)cc2)CC1.CN1CCC(c2ccc([N+](=O)[O-])cc2)CC1.CN1CCC(c2ccccc2)CC1.N#CC1CNCCC1c1ccccc1.c1ccc(C2CCNCC2)cc1. The van der Waals surface area contributed by atoms with E-state index >= 15 is 0 Å². The minimum absolute atomic E-state index is 0.131. The van der Waals surface area contributed by atoms with Crippen molar-refractivity contribution in [1.29, 1.82) is 5.26 Å². The summed E-state index contributed by atoms with van der Waals surface area (Å²) in [7, 11) is 6.53. The van der Waals surface area contributed by atoms with Crippen molar-refractivity contribution in [3.05, 3.63) is 177 Å². The zero-order valence-electron chi connectivity index (χ0n) is 41.8. The van der Waals surface area contributed by atoms with Crippen LogP contribution in [0.5, 0.6) is 0 Å². The Kier molecular flexibility index (Phi) is 22.2. The van der Waals surface area contributed by atoms with Crippen LogP contribution >= 0.6 is 0 Å². The third kappa shape index (κ3) is 17.8. The first-order valence-corrected chi connectivity index (χ1v) is 25.8. The van der Waals surface area contributed by atoms with Crippen molar-refractivity contribution < 1.29 is 4.92 Å². The summed E-state index contributed by atoms with van der Waals surface area (Å²) in [6.45, 7) is 11.4. The number of nitrogens with one attached hydrogen (secondary N) is 2. The van der Waals surface area contributed by atoms with Gasteiger partial charge >= 0.3 is 0 Å². The normalized spacial score (nSPS) is 21.0. The number of nitrogen functional groups attached to an aromatic ring is 1. The lowest BCUT2D eigenvalue weighted by Crippen LogP contribution is -2.34. The van der Waals surface area contributed by atoms with E-state index in [-0.39, 0.29) is 16.5 Å². The van der Waals surface area contributed by atoms with Gasteiger partial charge < -0.3 is 31.1 Å². The fraction of sp³-hybridized carbons (Fsp3) is 0.475. The molecule has 0 bridgehead atoms. The van der Waals surface area contributed by atoms with Gasteiger partial charge in [0.2, 0.25) is 0 Å². The molecule has 5 heterocycles. The zero-order valence-corrected chi connectivity index (χ0v) is 41.8. The first-order valence-electron chi connectivity index (χ1n) is 25.8. The number of hydrogen-bond acceptors (Lipinski definition) is 9. The summed E-state index contributed by atoms with van der Waals surface area (Å²) in [6.07, 6.45) is 11.2. The quantitative estimate of drug-likeness (QED) is 0.0866. The number of likely N-dealkylation sites (tertiary alicyclic amines) is 3. The van der Waals surface area contributed by atoms with E-state index in [0.717, 1.165) is 68.9 Å². The van der Waals surface area contributed by atoms with E-state index in [2.05, 4.69) is 137 Å². The van der Waals surface area contributed by atoms with Crippen molar-refractivity contribution in [3.63, 3.8) is 0 Å².